The van der Waals surface area contributed by atoms with Crippen LogP contribution in [0.15, 0.2) is 18.2 Å². The number of ether oxygens (including phenoxy) is 2. The van der Waals surface area contributed by atoms with E-state index >= 15 is 0 Å². The predicted molar refractivity (Wildman–Crippen MR) is 92.8 cm³/mol. The smallest absolute Gasteiger partial charge is 0.326 e. The van der Waals surface area contributed by atoms with Gasteiger partial charge < -0.3 is 25.0 Å². The van der Waals surface area contributed by atoms with Crippen LogP contribution in [-0.2, 0) is 9.59 Å². The molecule has 0 saturated carbocycles. The molecule has 7 heteroatoms. The van der Waals surface area contributed by atoms with Crippen LogP contribution in [0.3, 0.4) is 0 Å². The van der Waals surface area contributed by atoms with E-state index in [4.69, 9.17) is 14.6 Å². The molecule has 0 heterocycles. The van der Waals surface area contributed by atoms with Crippen molar-refractivity contribution in [3.05, 3.63) is 23.8 Å². The van der Waals surface area contributed by atoms with Crippen molar-refractivity contribution < 1.29 is 29.3 Å². The van der Waals surface area contributed by atoms with Gasteiger partial charge in [0.15, 0.2) is 0 Å². The van der Waals surface area contributed by atoms with E-state index < -0.39 is 24.0 Å². The van der Waals surface area contributed by atoms with E-state index in [-0.39, 0.29) is 12.8 Å². The second-order valence-electron chi connectivity index (χ2n) is 5.76. The minimum absolute atomic E-state index is 0.0201. The van der Waals surface area contributed by atoms with Gasteiger partial charge in [-0.25, -0.2) is 4.79 Å². The van der Waals surface area contributed by atoms with Gasteiger partial charge >= 0.3 is 5.97 Å². The Morgan fingerprint density at radius 2 is 1.92 bits per heavy atom. The molecule has 1 amide bonds. The number of nitrogens with one attached hydrogen (secondary N) is 1. The zero-order valence-corrected chi connectivity index (χ0v) is 14.9. The number of methoxy groups -OCH3 is 2. The molecule has 0 aromatic heterocycles. The Labute approximate surface area is 147 Å². The molecule has 0 fully saturated rings. The van der Waals surface area contributed by atoms with E-state index in [0.29, 0.717) is 23.5 Å². The van der Waals surface area contributed by atoms with E-state index in [1.165, 1.54) is 14.2 Å². The van der Waals surface area contributed by atoms with Gasteiger partial charge in [-0.15, -0.1) is 0 Å². The van der Waals surface area contributed by atoms with E-state index in [2.05, 4.69) is 5.32 Å². The normalized spacial score (nSPS) is 13.0. The van der Waals surface area contributed by atoms with Crippen molar-refractivity contribution in [2.45, 2.75) is 51.2 Å². The number of carbonyl (C=O) groups excluding carboxylic acids is 1. The molecule has 140 valence electrons. The van der Waals surface area contributed by atoms with Gasteiger partial charge in [0.25, 0.3) is 0 Å². The van der Waals surface area contributed by atoms with Crippen LogP contribution in [0.4, 0.5) is 0 Å². The van der Waals surface area contributed by atoms with Crippen LogP contribution in [0.2, 0.25) is 0 Å². The summed E-state index contributed by atoms with van der Waals surface area (Å²) in [5, 5.41) is 21.9. The number of benzene rings is 1. The van der Waals surface area contributed by atoms with Crippen molar-refractivity contribution in [1.29, 1.82) is 0 Å². The van der Waals surface area contributed by atoms with E-state index in [1.54, 1.807) is 18.2 Å². The summed E-state index contributed by atoms with van der Waals surface area (Å²) in [6.07, 6.45) is 1.26. The minimum Gasteiger partial charge on any atom is -0.497 e. The third kappa shape index (κ3) is 6.62. The topological polar surface area (TPSA) is 105 Å². The van der Waals surface area contributed by atoms with Gasteiger partial charge in [0.2, 0.25) is 5.91 Å². The minimum atomic E-state index is -1.04. The number of carboxylic acids is 1. The van der Waals surface area contributed by atoms with Gasteiger partial charge in [-0.05, 0) is 25.0 Å². The van der Waals surface area contributed by atoms with Gasteiger partial charge in [0.1, 0.15) is 17.5 Å². The molecule has 3 N–H and O–H groups in total. The largest absolute Gasteiger partial charge is 0.497 e. The molecule has 0 spiro atoms. The Kier molecular flexibility index (Phi) is 8.77. The fourth-order valence-corrected chi connectivity index (χ4v) is 2.45. The summed E-state index contributed by atoms with van der Waals surface area (Å²) in [7, 11) is 3.02. The average molecular weight is 353 g/mol. The third-order valence-electron chi connectivity index (χ3n) is 3.92. The molecule has 2 atom stereocenters. The summed E-state index contributed by atoms with van der Waals surface area (Å²) in [5.41, 5.74) is 0.553. The molecule has 25 heavy (non-hydrogen) atoms. The van der Waals surface area contributed by atoms with E-state index in [1.807, 2.05) is 6.92 Å². The van der Waals surface area contributed by atoms with Crippen LogP contribution in [0.25, 0.3) is 0 Å². The second-order valence-corrected chi connectivity index (χ2v) is 5.76. The van der Waals surface area contributed by atoms with Crippen molar-refractivity contribution in [1.82, 2.24) is 5.32 Å². The number of carbonyl (C=O) groups is 2. The highest BCUT2D eigenvalue weighted by molar-refractivity contribution is 5.83. The molecular weight excluding hydrogens is 326 g/mol. The summed E-state index contributed by atoms with van der Waals surface area (Å²) < 4.78 is 10.3. The number of amides is 1. The molecular formula is C18H27NO6. The molecule has 1 aromatic rings. The summed E-state index contributed by atoms with van der Waals surface area (Å²) in [5.74, 6) is -0.362. The number of unbranched alkanes of at least 4 members (excludes halogenated alkanes) is 1. The Balaban J connectivity index is 2.61. The Morgan fingerprint density at radius 3 is 2.48 bits per heavy atom. The first-order valence-electron chi connectivity index (χ1n) is 8.35. The van der Waals surface area contributed by atoms with Crippen LogP contribution in [0.1, 0.15) is 50.7 Å². The van der Waals surface area contributed by atoms with Crippen LogP contribution in [0, 0.1) is 0 Å². The summed E-state index contributed by atoms with van der Waals surface area (Å²) in [4.78, 5) is 23.1. The molecule has 0 radical (unpaired) electrons. The Hall–Kier alpha value is -2.28. The molecule has 1 aromatic carbocycles. The number of rotatable bonds is 11. The molecule has 0 bridgehead atoms. The van der Waals surface area contributed by atoms with E-state index in [0.717, 1.165) is 12.8 Å². The van der Waals surface area contributed by atoms with Gasteiger partial charge in [-0.3, -0.25) is 4.79 Å². The lowest BCUT2D eigenvalue weighted by molar-refractivity contribution is -0.142. The van der Waals surface area contributed by atoms with Crippen molar-refractivity contribution in [3.8, 4) is 11.5 Å². The number of aliphatic hydroxyl groups is 1. The fraction of sp³-hybridized carbons (Fsp3) is 0.556. The zero-order chi connectivity index (χ0) is 18.8. The van der Waals surface area contributed by atoms with Crippen LogP contribution < -0.4 is 14.8 Å². The van der Waals surface area contributed by atoms with Crippen LogP contribution in [0.5, 0.6) is 11.5 Å². The molecule has 7 nitrogen and oxygen atoms in total. The Morgan fingerprint density at radius 1 is 1.20 bits per heavy atom. The maximum absolute atomic E-state index is 12.0. The number of aliphatic carboxylic acids is 1. The summed E-state index contributed by atoms with van der Waals surface area (Å²) >= 11 is 0. The molecule has 0 saturated heterocycles. The van der Waals surface area contributed by atoms with Crippen LogP contribution in [-0.4, -0.2) is 42.4 Å². The highest BCUT2D eigenvalue weighted by Crippen LogP contribution is 2.31. The molecule has 0 aliphatic carbocycles. The predicted octanol–water partition coefficient (Wildman–Crippen LogP) is 2.28. The Bertz CT molecular complexity index is 575. The lowest BCUT2D eigenvalue weighted by Gasteiger charge is -2.17. The maximum Gasteiger partial charge on any atom is 0.326 e. The molecule has 1 rings (SSSR count). The molecule has 2 unspecified atom stereocenters. The van der Waals surface area contributed by atoms with Crippen molar-refractivity contribution in [3.63, 3.8) is 0 Å². The lowest BCUT2D eigenvalue weighted by atomic mass is 10.0. The number of carboxylic acid groups (broad SMARTS) is 1. The first-order chi connectivity index (χ1) is 11.9. The second kappa shape index (κ2) is 10.6. The monoisotopic (exact) mass is 353 g/mol. The highest BCUT2D eigenvalue weighted by atomic mass is 16.5. The quantitative estimate of drug-likeness (QED) is 0.564. The number of aliphatic hydroxyl groups excluding tert-OH is 1. The van der Waals surface area contributed by atoms with Crippen molar-refractivity contribution >= 4 is 11.9 Å². The van der Waals surface area contributed by atoms with E-state index in [9.17, 15) is 14.7 Å². The van der Waals surface area contributed by atoms with Crippen LogP contribution >= 0.6 is 0 Å². The molecule has 0 aliphatic heterocycles. The van der Waals surface area contributed by atoms with Gasteiger partial charge in [-0.2, -0.15) is 0 Å². The van der Waals surface area contributed by atoms with Gasteiger partial charge in [0.05, 0.1) is 20.3 Å². The van der Waals surface area contributed by atoms with Gasteiger partial charge in [-0.1, -0.05) is 19.8 Å². The number of hydrogen-bond acceptors (Lipinski definition) is 5. The SMILES string of the molecule is CCCCC(NC(=O)CCC(O)c1ccc(OC)cc1OC)C(=O)O. The first-order valence-corrected chi connectivity index (χ1v) is 8.35. The fourth-order valence-electron chi connectivity index (χ4n) is 2.45. The van der Waals surface area contributed by atoms with Gasteiger partial charge in [0, 0.05) is 18.1 Å². The lowest BCUT2D eigenvalue weighted by Crippen LogP contribution is -2.40. The first kappa shape index (κ1) is 20.8. The maximum atomic E-state index is 12.0. The summed E-state index contributed by atoms with van der Waals surface area (Å²) in [6, 6.07) is 4.15. The standard InChI is InChI=1S/C18H27NO6/c1-4-5-6-14(18(22)23)19-17(21)10-9-15(20)13-8-7-12(24-2)11-16(13)25-3/h7-8,11,14-15,20H,4-6,9-10H2,1-3H3,(H,19,21)(H,22,23). The third-order valence-corrected chi connectivity index (χ3v) is 3.92. The molecule has 0 aliphatic rings. The number of hydrogen-bond donors (Lipinski definition) is 3. The average Bonchev–Trinajstić information content (AvgIpc) is 2.62. The zero-order valence-electron chi connectivity index (χ0n) is 14.9. The van der Waals surface area contributed by atoms with Crippen molar-refractivity contribution in [2.24, 2.45) is 0 Å². The highest BCUT2D eigenvalue weighted by Gasteiger charge is 2.21. The van der Waals surface area contributed by atoms with Crippen molar-refractivity contribution in [2.75, 3.05) is 14.2 Å². The summed E-state index contributed by atoms with van der Waals surface area (Å²) in [6.45, 7) is 1.96.